The van der Waals surface area contributed by atoms with E-state index in [1.54, 1.807) is 5.32 Å². The number of rotatable bonds is 11. The second kappa shape index (κ2) is 9.13. The van der Waals surface area contributed by atoms with Crippen LogP contribution in [0.4, 0.5) is 0 Å². The van der Waals surface area contributed by atoms with Gasteiger partial charge in [0.05, 0.1) is 13.4 Å². The summed E-state index contributed by atoms with van der Waals surface area (Å²) in [5, 5.41) is 12.1. The molecule has 1 aromatic carbocycles. The van der Waals surface area contributed by atoms with Crippen LogP contribution in [-0.2, 0) is 11.1 Å². The lowest BCUT2D eigenvalue weighted by Gasteiger charge is -2.15. The number of ether oxygens (including phenoxy) is 2. The SMILES string of the molecule is [2H]C([2H])([2H])C([2H])(NCC([2H])(O)C([2H])([2H])Oc1ccc(C([2H])([2H])C([2H])([2H])OCC2([2H])C([2H])([2H])C2([2H])[2H])cc1)C([2H])([2H])[2H]. The van der Waals surface area contributed by atoms with Crippen molar-refractivity contribution in [2.24, 2.45) is 5.89 Å². The minimum atomic E-state index is -3.47. The fourth-order valence-electron chi connectivity index (χ4n) is 1.25. The Kier molecular flexibility index (Phi) is 2.05. The molecule has 1 aromatic rings. The monoisotopic (exact) mass is 326 g/mol. The first-order valence-corrected chi connectivity index (χ1v) is 6.26. The molecule has 0 amide bonds. The van der Waals surface area contributed by atoms with E-state index in [0.29, 0.717) is 0 Å². The van der Waals surface area contributed by atoms with E-state index in [9.17, 15) is 5.11 Å². The van der Waals surface area contributed by atoms with Crippen molar-refractivity contribution in [3.63, 3.8) is 0 Å². The van der Waals surface area contributed by atoms with E-state index in [0.717, 1.165) is 24.3 Å². The van der Waals surface area contributed by atoms with Gasteiger partial charge in [-0.25, -0.2) is 0 Å². The molecule has 4 heteroatoms. The Bertz CT molecular complexity index is 1070. The molecule has 124 valence electrons. The first-order chi connectivity index (χ1) is 17.8. The zero-order valence-corrected chi connectivity index (χ0v) is 11.5. The van der Waals surface area contributed by atoms with Crippen LogP contribution in [0.1, 0.15) is 58.1 Å². The minimum absolute atomic E-state index is 0.409. The summed E-state index contributed by atoms with van der Waals surface area (Å²) in [6.07, 6.45) is -11.6. The molecule has 0 heterocycles. The van der Waals surface area contributed by atoms with Crippen LogP contribution in [0, 0.1) is 5.89 Å². The summed E-state index contributed by atoms with van der Waals surface area (Å²) in [6.45, 7) is -16.0. The molecule has 4 nitrogen and oxygen atoms in total. The number of hydrogen-bond acceptors (Lipinski definition) is 4. The lowest BCUT2D eigenvalue weighted by Crippen LogP contribution is -2.35. The first-order valence-electron chi connectivity index (χ1n) is 15.8. The summed E-state index contributed by atoms with van der Waals surface area (Å²) in [4.78, 5) is 0. The lowest BCUT2D eigenvalue weighted by molar-refractivity contribution is 0.104. The van der Waals surface area contributed by atoms with Gasteiger partial charge < -0.3 is 19.9 Å². The van der Waals surface area contributed by atoms with Crippen LogP contribution in [0.15, 0.2) is 24.3 Å². The van der Waals surface area contributed by atoms with E-state index >= 15 is 0 Å². The highest BCUT2D eigenvalue weighted by atomic mass is 16.5. The Morgan fingerprint density at radius 3 is 2.95 bits per heavy atom. The summed E-state index contributed by atoms with van der Waals surface area (Å²) in [5.41, 5.74) is -0.409. The van der Waals surface area contributed by atoms with Crippen molar-refractivity contribution < 1.29 is 40.6 Å². The maximum absolute atomic E-state index is 10.4. The predicted molar refractivity (Wildman–Crippen MR) is 88.3 cm³/mol. The molecule has 1 aliphatic carbocycles. The van der Waals surface area contributed by atoms with Crippen LogP contribution in [0.2, 0.25) is 0 Å². The Balaban J connectivity index is 2.17. The third kappa shape index (κ3) is 7.25. The quantitative estimate of drug-likeness (QED) is 0.655. The van der Waals surface area contributed by atoms with Crippen molar-refractivity contribution in [1.29, 1.82) is 0 Å². The summed E-state index contributed by atoms with van der Waals surface area (Å²) in [5.74, 6) is -2.91. The average Bonchev–Trinajstić information content (AvgIpc) is 3.10. The Morgan fingerprint density at radius 1 is 1.50 bits per heavy atom. The molecule has 0 aromatic heterocycles. The number of nitrogens with one attached hydrogen (secondary N) is 1. The highest BCUT2D eigenvalue weighted by Gasteiger charge is 2.20. The van der Waals surface area contributed by atoms with Gasteiger partial charge in [0.1, 0.15) is 18.4 Å². The van der Waals surface area contributed by atoms with Gasteiger partial charge in [-0.15, -0.1) is 0 Å². The second-order valence-electron chi connectivity index (χ2n) is 4.15. The zero-order valence-electron chi connectivity index (χ0n) is 30.5. The normalized spacial score (nSPS) is 39.8. The Morgan fingerprint density at radius 2 is 2.27 bits per heavy atom. The van der Waals surface area contributed by atoms with Crippen molar-refractivity contribution in [3.05, 3.63) is 29.8 Å². The molecule has 0 radical (unpaired) electrons. The van der Waals surface area contributed by atoms with Crippen molar-refractivity contribution in [2.45, 2.75) is 44.9 Å². The van der Waals surface area contributed by atoms with Gasteiger partial charge >= 0.3 is 0 Å². The maximum atomic E-state index is 10.4. The van der Waals surface area contributed by atoms with Gasteiger partial charge in [-0.2, -0.15) is 0 Å². The van der Waals surface area contributed by atoms with Crippen LogP contribution >= 0.6 is 0 Å². The van der Waals surface area contributed by atoms with Gasteiger partial charge in [-0.05, 0) is 42.7 Å². The molecule has 1 unspecified atom stereocenters. The molecule has 0 saturated heterocycles. The van der Waals surface area contributed by atoms with Gasteiger partial charge in [0.25, 0.3) is 0 Å². The Labute approximate surface area is 160 Å². The summed E-state index contributed by atoms with van der Waals surface area (Å²) >= 11 is 0. The molecule has 2 rings (SSSR count). The number of aliphatic hydroxyl groups is 1. The zero-order chi connectivity index (χ0) is 32.5. The molecule has 1 atom stereocenters. The van der Waals surface area contributed by atoms with Crippen LogP contribution < -0.4 is 10.1 Å². The van der Waals surface area contributed by atoms with Gasteiger partial charge in [0.15, 0.2) is 0 Å². The topological polar surface area (TPSA) is 50.7 Å². The number of aryl methyl sites for hydroxylation is 1. The highest BCUT2D eigenvalue weighted by molar-refractivity contribution is 5.27. The summed E-state index contributed by atoms with van der Waals surface area (Å²) < 4.78 is 156. The molecule has 0 aliphatic heterocycles. The molecular formula is C18H29NO3. The van der Waals surface area contributed by atoms with E-state index in [4.69, 9.17) is 35.5 Å². The minimum Gasteiger partial charge on any atom is -0.491 e. The van der Waals surface area contributed by atoms with Gasteiger partial charge in [-0.3, -0.25) is 0 Å². The van der Waals surface area contributed by atoms with E-state index in [2.05, 4.69) is 0 Å². The van der Waals surface area contributed by atoms with E-state index in [1.165, 1.54) is 0 Å². The molecule has 1 aliphatic rings. The van der Waals surface area contributed by atoms with Gasteiger partial charge in [0.2, 0.25) is 0 Å². The maximum Gasteiger partial charge on any atom is 0.119 e. The first kappa shape index (κ1) is 4.95. The third-order valence-electron chi connectivity index (χ3n) is 2.36. The van der Waals surface area contributed by atoms with Crippen molar-refractivity contribution in [3.8, 4) is 5.75 Å². The predicted octanol–water partition coefficient (Wildman–Crippen LogP) is 2.39. The molecule has 0 spiro atoms. The lowest BCUT2D eigenvalue weighted by atomic mass is 10.1. The molecule has 1 saturated carbocycles. The summed E-state index contributed by atoms with van der Waals surface area (Å²) in [7, 11) is 0. The van der Waals surface area contributed by atoms with Crippen molar-refractivity contribution >= 4 is 0 Å². The highest BCUT2D eigenvalue weighted by Crippen LogP contribution is 2.28. The van der Waals surface area contributed by atoms with E-state index < -0.39 is 88.4 Å². The average molecular weight is 327 g/mol. The van der Waals surface area contributed by atoms with Crippen LogP contribution in [-0.4, -0.2) is 43.5 Å². The van der Waals surface area contributed by atoms with Crippen molar-refractivity contribution in [1.82, 2.24) is 5.32 Å². The molecule has 22 heavy (non-hydrogen) atoms. The van der Waals surface area contributed by atoms with Gasteiger partial charge in [0, 0.05) is 38.4 Å². The number of benzene rings is 1. The van der Waals surface area contributed by atoms with E-state index in [-0.39, 0.29) is 0 Å². The third-order valence-corrected chi connectivity index (χ3v) is 2.36. The molecule has 2 N–H and O–H groups in total. The fourth-order valence-corrected chi connectivity index (χ4v) is 1.25. The van der Waals surface area contributed by atoms with Gasteiger partial charge in [-0.1, -0.05) is 25.8 Å². The van der Waals surface area contributed by atoms with E-state index in [1.807, 2.05) is 0 Å². The van der Waals surface area contributed by atoms with Crippen LogP contribution in [0.3, 0.4) is 0 Å². The fraction of sp³-hybridized carbons (Fsp3) is 0.667. The summed E-state index contributed by atoms with van der Waals surface area (Å²) in [6, 6.07) is 0.336. The van der Waals surface area contributed by atoms with Crippen molar-refractivity contribution in [2.75, 3.05) is 26.3 Å². The standard InChI is InChI=1S/C18H29NO3/c1-14(2)19-11-17(20)13-22-18-7-5-15(6-8-18)9-10-21-12-16-3-4-16/h5-8,14,16-17,19-20H,3-4,9-13H2,1-2H3/i1D3,2D3,3D2,4D2,9D2,10D2,13D2,14D,16D,17D. The largest absolute Gasteiger partial charge is 0.491 e. The molecule has 1 fully saturated rings. The van der Waals surface area contributed by atoms with Crippen LogP contribution in [0.25, 0.3) is 0 Å². The molecule has 0 bridgehead atoms. The smallest absolute Gasteiger partial charge is 0.119 e. The second-order valence-corrected chi connectivity index (χ2v) is 4.15. The van der Waals surface area contributed by atoms with Crippen LogP contribution in [0.5, 0.6) is 5.75 Å². The number of hydrogen-bond donors (Lipinski definition) is 2. The molecular weight excluding hydrogens is 278 g/mol. The Hall–Kier alpha value is -1.10.